The Balaban J connectivity index is 1.06. The second-order valence-electron chi connectivity index (χ2n) is 8.21. The van der Waals surface area contributed by atoms with E-state index in [0.717, 1.165) is 39.1 Å². The summed E-state index contributed by atoms with van der Waals surface area (Å²) in [5.74, 6) is -0.818. The molecule has 0 spiro atoms. The summed E-state index contributed by atoms with van der Waals surface area (Å²) in [5.41, 5.74) is 2.38. The number of amides is 1. The lowest BCUT2D eigenvalue weighted by Gasteiger charge is -2.36. The van der Waals surface area contributed by atoms with E-state index in [2.05, 4.69) is 49.5 Å². The fourth-order valence-electron chi connectivity index (χ4n) is 4.16. The van der Waals surface area contributed by atoms with Crippen LogP contribution in [0.4, 0.5) is 5.69 Å². The van der Waals surface area contributed by atoms with Gasteiger partial charge < -0.3 is 19.2 Å². The van der Waals surface area contributed by atoms with Gasteiger partial charge in [-0.2, -0.15) is 4.98 Å². The van der Waals surface area contributed by atoms with E-state index in [-0.39, 0.29) is 18.3 Å². The van der Waals surface area contributed by atoms with Gasteiger partial charge in [-0.3, -0.25) is 14.3 Å². The van der Waals surface area contributed by atoms with Crippen molar-refractivity contribution >= 4 is 22.7 Å². The second kappa shape index (κ2) is 9.92. The molecule has 5 rings (SSSR count). The number of aromatic nitrogens is 3. The molecule has 1 aliphatic rings. The summed E-state index contributed by atoms with van der Waals surface area (Å²) in [6, 6.07) is 17.5. The number of piperazine rings is 1. The highest BCUT2D eigenvalue weighted by molar-refractivity contribution is 5.89. The quantitative estimate of drug-likeness (QED) is 0.396. The Labute approximate surface area is 195 Å². The van der Waals surface area contributed by atoms with Crippen LogP contribution in [0.5, 0.6) is 0 Å². The maximum atomic E-state index is 12.4. The van der Waals surface area contributed by atoms with Crippen LogP contribution >= 0.6 is 0 Å². The summed E-state index contributed by atoms with van der Waals surface area (Å²) in [5, 5.41) is 6.66. The number of fused-ring (bicyclic) bond motifs is 1. The molecule has 0 unspecified atom stereocenters. The van der Waals surface area contributed by atoms with E-state index in [1.54, 1.807) is 18.2 Å². The number of carbonyl (C=O) groups is 1. The molecular weight excluding hydrogens is 436 g/mol. The lowest BCUT2D eigenvalue weighted by molar-refractivity contribution is 0.0907. The highest BCUT2D eigenvalue weighted by atomic mass is 16.5. The minimum Gasteiger partial charge on any atom is -0.408 e. The predicted octanol–water partition coefficient (Wildman–Crippen LogP) is 1.97. The number of benzene rings is 2. The lowest BCUT2D eigenvalue weighted by Crippen LogP contribution is -2.47. The van der Waals surface area contributed by atoms with Crippen LogP contribution in [-0.4, -0.2) is 64.8 Å². The second-order valence-corrected chi connectivity index (χ2v) is 8.21. The molecule has 2 aromatic heterocycles. The molecule has 0 bridgehead atoms. The average molecular weight is 463 g/mol. The summed E-state index contributed by atoms with van der Waals surface area (Å²) in [4.78, 5) is 33.4. The fraction of sp³-hybridized carbons (Fsp3) is 0.333. The fourth-order valence-corrected chi connectivity index (χ4v) is 4.16. The Bertz CT molecular complexity index is 1300. The van der Waals surface area contributed by atoms with Crippen molar-refractivity contribution in [1.29, 1.82) is 0 Å². The Hall–Kier alpha value is -3.92. The van der Waals surface area contributed by atoms with Gasteiger partial charge in [-0.1, -0.05) is 35.5 Å². The molecule has 2 aromatic carbocycles. The van der Waals surface area contributed by atoms with E-state index in [1.807, 2.05) is 12.1 Å². The van der Waals surface area contributed by atoms with Crippen molar-refractivity contribution in [3.63, 3.8) is 0 Å². The van der Waals surface area contributed by atoms with E-state index in [1.165, 1.54) is 10.3 Å². The van der Waals surface area contributed by atoms with Gasteiger partial charge in [0.15, 0.2) is 11.4 Å². The van der Waals surface area contributed by atoms with Crippen LogP contribution in [0.2, 0.25) is 0 Å². The van der Waals surface area contributed by atoms with E-state index < -0.39 is 11.7 Å². The molecule has 0 atom stereocenters. The topological polar surface area (TPSA) is 110 Å². The van der Waals surface area contributed by atoms with E-state index >= 15 is 0 Å². The predicted molar refractivity (Wildman–Crippen MR) is 126 cm³/mol. The Morgan fingerprint density at radius 1 is 1.00 bits per heavy atom. The van der Waals surface area contributed by atoms with Crippen LogP contribution < -0.4 is 16.0 Å². The zero-order valence-electron chi connectivity index (χ0n) is 18.7. The summed E-state index contributed by atoms with van der Waals surface area (Å²) in [7, 11) is 0. The van der Waals surface area contributed by atoms with Gasteiger partial charge in [-0.15, -0.1) is 0 Å². The number of hydrogen-bond donors (Lipinski definition) is 1. The first kappa shape index (κ1) is 21.9. The Morgan fingerprint density at radius 2 is 1.76 bits per heavy atom. The van der Waals surface area contributed by atoms with Gasteiger partial charge in [0.2, 0.25) is 0 Å². The molecule has 176 valence electrons. The Morgan fingerprint density at radius 3 is 2.59 bits per heavy atom. The van der Waals surface area contributed by atoms with Gasteiger partial charge in [0.1, 0.15) is 0 Å². The van der Waals surface area contributed by atoms with Gasteiger partial charge in [-0.05, 0) is 37.2 Å². The van der Waals surface area contributed by atoms with Crippen LogP contribution in [0.3, 0.4) is 0 Å². The Kier molecular flexibility index (Phi) is 6.39. The molecule has 34 heavy (non-hydrogen) atoms. The summed E-state index contributed by atoms with van der Waals surface area (Å²) >= 11 is 0. The maximum Gasteiger partial charge on any atom is 0.420 e. The third-order valence-electron chi connectivity index (χ3n) is 5.97. The zero-order chi connectivity index (χ0) is 23.3. The van der Waals surface area contributed by atoms with Crippen molar-refractivity contribution < 1.29 is 13.7 Å². The summed E-state index contributed by atoms with van der Waals surface area (Å²) in [6.45, 7) is 5.47. The molecular formula is C24H26N6O4. The van der Waals surface area contributed by atoms with E-state index in [4.69, 9.17) is 8.94 Å². The van der Waals surface area contributed by atoms with Gasteiger partial charge in [0.05, 0.1) is 12.1 Å². The highest BCUT2D eigenvalue weighted by Crippen LogP contribution is 2.16. The first-order chi connectivity index (χ1) is 16.7. The first-order valence-electron chi connectivity index (χ1n) is 11.4. The minimum absolute atomic E-state index is 0.0571. The van der Waals surface area contributed by atoms with Crippen LogP contribution in [0.25, 0.3) is 11.1 Å². The first-order valence-corrected chi connectivity index (χ1v) is 11.4. The molecule has 1 amide bonds. The zero-order valence-corrected chi connectivity index (χ0v) is 18.7. The average Bonchev–Trinajstić information content (AvgIpc) is 3.47. The number of oxazole rings is 1. The highest BCUT2D eigenvalue weighted by Gasteiger charge is 2.19. The molecule has 10 heteroatoms. The molecule has 0 aliphatic carbocycles. The SMILES string of the molecule is O=C(NCCCN1CCN(c2ccccc2)CC1)c1nc(Cn2c(=O)oc3ccccc32)no1. The molecule has 1 saturated heterocycles. The van der Waals surface area contributed by atoms with Crippen LogP contribution in [0.1, 0.15) is 22.9 Å². The number of nitrogens with zero attached hydrogens (tertiary/aromatic N) is 5. The standard InChI is InChI=1S/C24H26N6O4/c31-22(25-11-6-12-28-13-15-29(16-14-28)18-7-2-1-3-8-18)23-26-21(27-34-23)17-30-19-9-4-5-10-20(19)33-24(30)32/h1-5,7-10H,6,11-17H2,(H,25,31). The number of hydrogen-bond acceptors (Lipinski definition) is 8. The molecule has 0 radical (unpaired) electrons. The van der Waals surface area contributed by atoms with Crippen molar-refractivity contribution in [2.45, 2.75) is 13.0 Å². The maximum absolute atomic E-state index is 12.4. The molecule has 1 aliphatic heterocycles. The van der Waals surface area contributed by atoms with Crippen LogP contribution in [0.15, 0.2) is 68.3 Å². The third kappa shape index (κ3) is 4.86. The number of carbonyl (C=O) groups excluding carboxylic acids is 1. The van der Waals surface area contributed by atoms with Crippen molar-refractivity contribution in [3.05, 3.63) is 76.9 Å². The van der Waals surface area contributed by atoms with Gasteiger partial charge >= 0.3 is 17.6 Å². The molecule has 3 heterocycles. The van der Waals surface area contributed by atoms with Crippen LogP contribution in [0, 0.1) is 0 Å². The number of anilines is 1. The van der Waals surface area contributed by atoms with Crippen molar-refractivity contribution in [2.24, 2.45) is 0 Å². The lowest BCUT2D eigenvalue weighted by atomic mass is 10.2. The van der Waals surface area contributed by atoms with Gasteiger partial charge in [0, 0.05) is 38.4 Å². The molecule has 1 fully saturated rings. The number of rotatable bonds is 8. The van der Waals surface area contributed by atoms with Gasteiger partial charge in [-0.25, -0.2) is 4.79 Å². The molecule has 0 saturated carbocycles. The normalized spacial score (nSPS) is 14.5. The van der Waals surface area contributed by atoms with E-state index in [9.17, 15) is 9.59 Å². The minimum atomic E-state index is -0.512. The van der Waals surface area contributed by atoms with Crippen LogP contribution in [-0.2, 0) is 6.54 Å². The molecule has 10 nitrogen and oxygen atoms in total. The summed E-state index contributed by atoms with van der Waals surface area (Å²) in [6.07, 6.45) is 0.828. The monoisotopic (exact) mass is 462 g/mol. The third-order valence-corrected chi connectivity index (χ3v) is 5.97. The smallest absolute Gasteiger partial charge is 0.408 e. The number of para-hydroxylation sites is 3. The summed E-state index contributed by atoms with van der Waals surface area (Å²) < 4.78 is 11.7. The van der Waals surface area contributed by atoms with E-state index in [0.29, 0.717) is 17.6 Å². The van der Waals surface area contributed by atoms with Gasteiger partial charge in [0.25, 0.3) is 0 Å². The van der Waals surface area contributed by atoms with Crippen molar-refractivity contribution in [3.8, 4) is 0 Å². The molecule has 1 N–H and O–H groups in total. The molecule has 4 aromatic rings. The largest absolute Gasteiger partial charge is 0.420 e. The van der Waals surface area contributed by atoms with Crippen molar-refractivity contribution in [2.75, 3.05) is 44.2 Å². The van der Waals surface area contributed by atoms with Crippen molar-refractivity contribution in [1.82, 2.24) is 24.9 Å². The number of nitrogens with one attached hydrogen (secondary N) is 1.